The van der Waals surface area contributed by atoms with E-state index in [2.05, 4.69) is 48.9 Å². The van der Waals surface area contributed by atoms with Crippen LogP contribution in [-0.2, 0) is 22.7 Å². The second kappa shape index (κ2) is 15.6. The van der Waals surface area contributed by atoms with Crippen LogP contribution in [0.5, 0.6) is 5.75 Å². The zero-order valence-corrected chi connectivity index (χ0v) is 32.0. The van der Waals surface area contributed by atoms with E-state index in [1.54, 1.807) is 26.1 Å². The third-order valence-electron chi connectivity index (χ3n) is 12.3. The van der Waals surface area contributed by atoms with E-state index in [1.165, 1.54) is 6.42 Å². The highest BCUT2D eigenvalue weighted by molar-refractivity contribution is 5.97. The van der Waals surface area contributed by atoms with Gasteiger partial charge in [0, 0.05) is 68.6 Å². The second-order valence-electron chi connectivity index (χ2n) is 15.9. The lowest BCUT2D eigenvalue weighted by molar-refractivity contribution is -0.176. The molecule has 1 heterocycles. The number of aliphatic hydroxyl groups is 1. The first kappa shape index (κ1) is 37.8. The molecular weight excluding hydrogens is 654 g/mol. The lowest BCUT2D eigenvalue weighted by Gasteiger charge is -2.62. The number of carbonyl (C=O) groups excluding carboxylic acids is 2. The summed E-state index contributed by atoms with van der Waals surface area (Å²) in [7, 11) is 7.15. The van der Waals surface area contributed by atoms with E-state index in [-0.39, 0.29) is 24.4 Å². The molecule has 3 saturated carbocycles. The van der Waals surface area contributed by atoms with E-state index in [1.807, 2.05) is 73.6 Å². The molecule has 3 aromatic carbocycles. The highest BCUT2D eigenvalue weighted by Crippen LogP contribution is 2.61. The summed E-state index contributed by atoms with van der Waals surface area (Å²) in [6, 6.07) is 21.2. The first-order valence-corrected chi connectivity index (χ1v) is 18.7. The van der Waals surface area contributed by atoms with E-state index in [9.17, 15) is 14.7 Å². The third-order valence-corrected chi connectivity index (χ3v) is 12.3. The van der Waals surface area contributed by atoms with Crippen LogP contribution < -0.4 is 25.6 Å². The van der Waals surface area contributed by atoms with Crippen molar-refractivity contribution >= 4 is 17.5 Å². The van der Waals surface area contributed by atoms with Crippen LogP contribution in [0.25, 0.3) is 11.1 Å². The Morgan fingerprint density at radius 3 is 2.46 bits per heavy atom. The van der Waals surface area contributed by atoms with Gasteiger partial charge in [0.05, 0.1) is 25.9 Å². The summed E-state index contributed by atoms with van der Waals surface area (Å²) in [6.45, 7) is 10.1. The Labute approximate surface area is 309 Å². The maximum absolute atomic E-state index is 14.5. The Morgan fingerprint density at radius 1 is 1.08 bits per heavy atom. The molecule has 2 amide bonds. The number of para-hydroxylation sites is 1. The molecule has 10 nitrogen and oxygen atoms in total. The average Bonchev–Trinajstić information content (AvgIpc) is 3.49. The Balaban J connectivity index is 1.31. The summed E-state index contributed by atoms with van der Waals surface area (Å²) in [5.41, 5.74) is 5.34. The van der Waals surface area contributed by atoms with Crippen molar-refractivity contribution in [1.82, 2.24) is 21.0 Å². The molecule has 52 heavy (non-hydrogen) atoms. The van der Waals surface area contributed by atoms with Crippen molar-refractivity contribution in [2.24, 2.45) is 29.1 Å². The van der Waals surface area contributed by atoms with Crippen LogP contribution in [0.15, 0.2) is 66.7 Å². The number of benzene rings is 3. The first-order chi connectivity index (χ1) is 24.8. The highest BCUT2D eigenvalue weighted by atomic mass is 16.7. The van der Waals surface area contributed by atoms with Gasteiger partial charge in [-0.3, -0.25) is 14.4 Å². The van der Waals surface area contributed by atoms with Crippen LogP contribution in [0.4, 0.5) is 5.69 Å². The fraction of sp³-hybridized carbons (Fsp3) is 0.524. The zero-order chi connectivity index (χ0) is 37.3. The lowest BCUT2D eigenvalue weighted by atomic mass is 9.45. The normalized spacial score (nSPS) is 27.0. The number of fused-ring (bicyclic) bond motifs is 2. The van der Waals surface area contributed by atoms with Crippen molar-refractivity contribution in [3.05, 3.63) is 83.4 Å². The minimum atomic E-state index is -0.800. The minimum Gasteiger partial charge on any atom is -0.496 e. The van der Waals surface area contributed by atoms with Crippen molar-refractivity contribution in [3.8, 4) is 16.9 Å². The number of amides is 2. The van der Waals surface area contributed by atoms with E-state index in [0.29, 0.717) is 47.6 Å². The SMILES string of the molecule is CNC(=O)c1cc(-c2cccc(CN3O[C@@H](CNCc4ccccc4)[C@@H]([C@H](C)O)[C@H]3C(=O)N[C@H]3C[C@H]4C[C@H]([C@@H]3C)C4(C)C)c2OC)cc(N(C)C)c1. The van der Waals surface area contributed by atoms with Crippen molar-refractivity contribution < 1.29 is 24.3 Å². The number of methoxy groups -OCH3 is 1. The molecule has 0 radical (unpaired) electrons. The predicted molar refractivity (Wildman–Crippen MR) is 205 cm³/mol. The summed E-state index contributed by atoms with van der Waals surface area (Å²) in [6.07, 6.45) is 0.941. The number of anilines is 1. The Morgan fingerprint density at radius 2 is 1.83 bits per heavy atom. The molecule has 4 N–H and O–H groups in total. The highest BCUT2D eigenvalue weighted by Gasteiger charge is 2.57. The largest absolute Gasteiger partial charge is 0.496 e. The molecule has 1 aliphatic heterocycles. The van der Waals surface area contributed by atoms with Gasteiger partial charge in [0.1, 0.15) is 11.8 Å². The molecule has 3 aliphatic carbocycles. The quantitative estimate of drug-likeness (QED) is 0.190. The smallest absolute Gasteiger partial charge is 0.251 e. The summed E-state index contributed by atoms with van der Waals surface area (Å²) in [5.74, 6) is 1.40. The fourth-order valence-corrected chi connectivity index (χ4v) is 9.10. The van der Waals surface area contributed by atoms with Crippen molar-refractivity contribution in [2.75, 3.05) is 39.7 Å². The number of rotatable bonds is 13. The number of ether oxygens (including phenoxy) is 1. The minimum absolute atomic E-state index is 0.0763. The molecule has 0 spiro atoms. The number of hydrogen-bond donors (Lipinski definition) is 4. The van der Waals surface area contributed by atoms with E-state index in [0.717, 1.165) is 34.4 Å². The standard InChI is InChI=1S/C42H57N5O5/c1-25-34-20-31(42(34,3)4)21-35(25)45-41(50)38-37(26(2)48)36(23-44-22-27-13-10-9-11-14-27)52-47(38)24-28-15-12-16-33(39(28)51-8)29-17-30(40(49)43-5)19-32(18-29)46(6)7/h9-19,25-26,31,34-38,44,48H,20-24H2,1-8H3,(H,43,49)(H,45,50)/t25-,26-,31+,34+,35-,36-,37+,38-/m0/s1. The van der Waals surface area contributed by atoms with Crippen LogP contribution in [0.1, 0.15) is 62.0 Å². The molecule has 1 saturated heterocycles. The summed E-state index contributed by atoms with van der Waals surface area (Å²) in [5, 5.41) is 22.8. The van der Waals surface area contributed by atoms with Gasteiger partial charge in [0.2, 0.25) is 5.91 Å². The van der Waals surface area contributed by atoms with Crippen molar-refractivity contribution in [2.45, 2.75) is 77.9 Å². The molecule has 0 unspecified atom stereocenters. The van der Waals surface area contributed by atoms with Gasteiger partial charge in [-0.15, -0.1) is 0 Å². The van der Waals surface area contributed by atoms with Gasteiger partial charge in [-0.2, -0.15) is 5.06 Å². The molecule has 7 rings (SSSR count). The maximum atomic E-state index is 14.5. The first-order valence-electron chi connectivity index (χ1n) is 18.7. The van der Waals surface area contributed by atoms with Crippen molar-refractivity contribution in [1.29, 1.82) is 0 Å². The van der Waals surface area contributed by atoms with Crippen LogP contribution in [0, 0.1) is 29.1 Å². The third kappa shape index (κ3) is 7.44. The molecule has 0 aromatic heterocycles. The van der Waals surface area contributed by atoms with Crippen LogP contribution >= 0.6 is 0 Å². The number of carbonyl (C=O) groups is 2. The summed E-state index contributed by atoms with van der Waals surface area (Å²) >= 11 is 0. The van der Waals surface area contributed by atoms with Gasteiger partial charge in [-0.05, 0) is 72.3 Å². The maximum Gasteiger partial charge on any atom is 0.251 e. The molecule has 4 aliphatic rings. The van der Waals surface area contributed by atoms with E-state index < -0.39 is 24.2 Å². The zero-order valence-electron chi connectivity index (χ0n) is 32.0. The molecule has 2 bridgehead atoms. The Kier molecular flexibility index (Phi) is 11.3. The van der Waals surface area contributed by atoms with Crippen molar-refractivity contribution in [3.63, 3.8) is 0 Å². The molecule has 280 valence electrons. The number of hydrogen-bond acceptors (Lipinski definition) is 8. The summed E-state index contributed by atoms with van der Waals surface area (Å²) in [4.78, 5) is 35.9. The van der Waals surface area contributed by atoms with Gasteiger partial charge >= 0.3 is 0 Å². The predicted octanol–water partition coefficient (Wildman–Crippen LogP) is 5.25. The topological polar surface area (TPSA) is 115 Å². The van der Waals surface area contributed by atoms with Gasteiger partial charge < -0.3 is 30.7 Å². The fourth-order valence-electron chi connectivity index (χ4n) is 9.10. The average molecular weight is 712 g/mol. The monoisotopic (exact) mass is 711 g/mol. The number of aliphatic hydroxyl groups excluding tert-OH is 1. The second-order valence-corrected chi connectivity index (χ2v) is 15.9. The van der Waals surface area contributed by atoms with Crippen LogP contribution in [-0.4, -0.2) is 81.1 Å². The van der Waals surface area contributed by atoms with E-state index >= 15 is 0 Å². The van der Waals surface area contributed by atoms with Gasteiger partial charge in [0.15, 0.2) is 0 Å². The molecule has 4 fully saturated rings. The Hall–Kier alpha value is -3.96. The number of hydroxylamine groups is 2. The van der Waals surface area contributed by atoms with Gasteiger partial charge in [-0.25, -0.2) is 0 Å². The van der Waals surface area contributed by atoms with Crippen LogP contribution in [0.2, 0.25) is 0 Å². The van der Waals surface area contributed by atoms with E-state index in [4.69, 9.17) is 9.57 Å². The van der Waals surface area contributed by atoms with Crippen LogP contribution in [0.3, 0.4) is 0 Å². The molecule has 8 atom stereocenters. The lowest BCUT2D eigenvalue weighted by Crippen LogP contribution is -2.62. The Bertz CT molecular complexity index is 1730. The molecular formula is C42H57N5O5. The van der Waals surface area contributed by atoms with Gasteiger partial charge in [0.25, 0.3) is 5.91 Å². The molecule has 3 aromatic rings. The number of nitrogens with one attached hydrogen (secondary N) is 3. The van der Waals surface area contributed by atoms with Gasteiger partial charge in [-0.1, -0.05) is 69.3 Å². The molecule has 10 heteroatoms. The number of nitrogens with zero attached hydrogens (tertiary/aromatic N) is 2. The summed E-state index contributed by atoms with van der Waals surface area (Å²) < 4.78 is 6.09.